The van der Waals surface area contributed by atoms with E-state index in [1.807, 2.05) is 19.1 Å². The van der Waals surface area contributed by atoms with Gasteiger partial charge in [0.1, 0.15) is 18.0 Å². The second-order valence-electron chi connectivity index (χ2n) is 3.76. The molecule has 0 amide bonds. The number of aryl methyl sites for hydroxylation is 1. The summed E-state index contributed by atoms with van der Waals surface area (Å²) in [6, 6.07) is 3.72. The molecule has 6 heteroatoms. The van der Waals surface area contributed by atoms with Crippen molar-refractivity contribution in [3.8, 4) is 5.82 Å². The molecular weight excluding hydrogens is 232 g/mol. The van der Waals surface area contributed by atoms with Crippen LogP contribution in [0.5, 0.6) is 0 Å². The second-order valence-corrected chi connectivity index (χ2v) is 3.76. The topological polar surface area (TPSA) is 83.0 Å². The maximum Gasteiger partial charge on any atom is 0.360 e. The fourth-order valence-corrected chi connectivity index (χ4v) is 1.50. The van der Waals surface area contributed by atoms with Gasteiger partial charge >= 0.3 is 5.97 Å². The number of anilines is 1. The minimum Gasteiger partial charge on any atom is -0.461 e. The molecule has 0 bridgehead atoms. The Morgan fingerprint density at radius 3 is 2.83 bits per heavy atom. The van der Waals surface area contributed by atoms with Crippen LogP contribution in [0.1, 0.15) is 23.0 Å². The highest BCUT2D eigenvalue weighted by molar-refractivity contribution is 5.92. The molecule has 0 saturated heterocycles. The van der Waals surface area contributed by atoms with Crippen LogP contribution in [0.4, 0.5) is 5.82 Å². The molecule has 6 nitrogen and oxygen atoms in total. The van der Waals surface area contributed by atoms with Crippen LogP contribution in [-0.2, 0) is 4.74 Å². The molecule has 94 valence electrons. The number of aromatic nitrogens is 3. The Balaban J connectivity index is 2.36. The Kier molecular flexibility index (Phi) is 3.27. The lowest BCUT2D eigenvalue weighted by Gasteiger charge is -2.04. The summed E-state index contributed by atoms with van der Waals surface area (Å²) in [4.78, 5) is 19.7. The van der Waals surface area contributed by atoms with Gasteiger partial charge in [0.25, 0.3) is 0 Å². The summed E-state index contributed by atoms with van der Waals surface area (Å²) in [6.45, 7) is 3.96. The number of carbonyl (C=O) groups excluding carboxylic acids is 1. The highest BCUT2D eigenvalue weighted by Gasteiger charge is 2.17. The largest absolute Gasteiger partial charge is 0.461 e. The molecule has 2 aromatic rings. The predicted octanol–water partition coefficient (Wildman–Crippen LogP) is 1.33. The Hall–Kier alpha value is -2.37. The van der Waals surface area contributed by atoms with Gasteiger partial charge in [0, 0.05) is 6.20 Å². The average molecular weight is 246 g/mol. The summed E-state index contributed by atoms with van der Waals surface area (Å²) in [7, 11) is 0. The molecule has 0 spiro atoms. The maximum absolute atomic E-state index is 11.6. The molecule has 2 rings (SSSR count). The lowest BCUT2D eigenvalue weighted by molar-refractivity contribution is 0.0521. The number of esters is 1. The van der Waals surface area contributed by atoms with Crippen molar-refractivity contribution in [1.82, 2.24) is 14.5 Å². The van der Waals surface area contributed by atoms with Crippen molar-refractivity contribution in [2.24, 2.45) is 0 Å². The molecule has 18 heavy (non-hydrogen) atoms. The smallest absolute Gasteiger partial charge is 0.360 e. The molecule has 0 aromatic carbocycles. The first kappa shape index (κ1) is 12.1. The van der Waals surface area contributed by atoms with Crippen molar-refractivity contribution < 1.29 is 9.53 Å². The number of nitrogen functional groups attached to an aromatic ring is 1. The number of ether oxygens (including phenoxy) is 1. The number of nitrogens with zero attached hydrogens (tertiary/aromatic N) is 3. The molecule has 2 aromatic heterocycles. The van der Waals surface area contributed by atoms with E-state index in [0.717, 1.165) is 5.56 Å². The lowest BCUT2D eigenvalue weighted by Crippen LogP contribution is -2.09. The van der Waals surface area contributed by atoms with E-state index in [4.69, 9.17) is 10.5 Å². The second kappa shape index (κ2) is 4.87. The molecule has 0 aliphatic heterocycles. The van der Waals surface area contributed by atoms with Crippen molar-refractivity contribution in [1.29, 1.82) is 0 Å². The van der Waals surface area contributed by atoms with Gasteiger partial charge in [0.05, 0.1) is 6.61 Å². The quantitative estimate of drug-likeness (QED) is 0.826. The van der Waals surface area contributed by atoms with Crippen LogP contribution in [0.3, 0.4) is 0 Å². The average Bonchev–Trinajstić information content (AvgIpc) is 2.73. The van der Waals surface area contributed by atoms with E-state index in [1.54, 1.807) is 17.7 Å². The van der Waals surface area contributed by atoms with Gasteiger partial charge in [-0.2, -0.15) is 0 Å². The van der Waals surface area contributed by atoms with Crippen molar-refractivity contribution in [2.75, 3.05) is 12.3 Å². The Morgan fingerprint density at radius 1 is 1.44 bits per heavy atom. The number of nitrogens with two attached hydrogens (primary N) is 1. The summed E-state index contributed by atoms with van der Waals surface area (Å²) < 4.78 is 6.41. The van der Waals surface area contributed by atoms with E-state index < -0.39 is 5.97 Å². The number of hydrogen-bond donors (Lipinski definition) is 1. The van der Waals surface area contributed by atoms with Gasteiger partial charge in [-0.05, 0) is 25.5 Å². The first-order chi connectivity index (χ1) is 8.63. The van der Waals surface area contributed by atoms with Crippen LogP contribution in [0, 0.1) is 6.92 Å². The Labute approximate surface area is 104 Å². The van der Waals surface area contributed by atoms with Gasteiger partial charge in [-0.1, -0.05) is 6.07 Å². The molecule has 0 radical (unpaired) electrons. The van der Waals surface area contributed by atoms with Crippen molar-refractivity contribution >= 4 is 11.8 Å². The minimum atomic E-state index is -0.527. The third kappa shape index (κ3) is 2.17. The number of pyridine rings is 1. The lowest BCUT2D eigenvalue weighted by atomic mass is 10.3. The highest BCUT2D eigenvalue weighted by atomic mass is 16.5. The van der Waals surface area contributed by atoms with E-state index in [-0.39, 0.29) is 18.1 Å². The third-order valence-electron chi connectivity index (χ3n) is 2.42. The van der Waals surface area contributed by atoms with Crippen LogP contribution in [0.25, 0.3) is 5.82 Å². The Bertz CT molecular complexity index is 560. The monoisotopic (exact) mass is 246 g/mol. The van der Waals surface area contributed by atoms with Crippen molar-refractivity contribution in [3.05, 3.63) is 35.9 Å². The van der Waals surface area contributed by atoms with E-state index in [0.29, 0.717) is 5.82 Å². The highest BCUT2D eigenvalue weighted by Crippen LogP contribution is 2.16. The zero-order chi connectivity index (χ0) is 13.1. The molecule has 2 heterocycles. The van der Waals surface area contributed by atoms with E-state index in [2.05, 4.69) is 9.97 Å². The zero-order valence-corrected chi connectivity index (χ0v) is 10.3. The first-order valence-corrected chi connectivity index (χ1v) is 5.56. The standard InChI is InChI=1S/C12H14N4O2/c1-3-18-12(17)10-11(13)16(7-15-10)9-5-4-8(2)6-14-9/h4-7H,3,13H2,1-2H3. The number of rotatable bonds is 3. The fourth-order valence-electron chi connectivity index (χ4n) is 1.50. The molecule has 0 aliphatic rings. The van der Waals surface area contributed by atoms with Crippen LogP contribution in [0.2, 0.25) is 0 Å². The first-order valence-electron chi connectivity index (χ1n) is 5.56. The molecule has 0 saturated carbocycles. The van der Waals surface area contributed by atoms with E-state index in [9.17, 15) is 4.79 Å². The molecule has 2 N–H and O–H groups in total. The molecule has 0 unspecified atom stereocenters. The Morgan fingerprint density at radius 2 is 2.22 bits per heavy atom. The molecule has 0 atom stereocenters. The number of imidazole rings is 1. The summed E-state index contributed by atoms with van der Waals surface area (Å²) in [5, 5.41) is 0. The van der Waals surface area contributed by atoms with Crippen LogP contribution >= 0.6 is 0 Å². The summed E-state index contributed by atoms with van der Waals surface area (Å²) in [5.74, 6) is 0.312. The van der Waals surface area contributed by atoms with Gasteiger partial charge < -0.3 is 10.5 Å². The van der Waals surface area contributed by atoms with Gasteiger partial charge in [-0.15, -0.1) is 0 Å². The normalized spacial score (nSPS) is 10.3. The van der Waals surface area contributed by atoms with Crippen LogP contribution in [0.15, 0.2) is 24.7 Å². The van der Waals surface area contributed by atoms with Gasteiger partial charge in [-0.25, -0.2) is 14.8 Å². The summed E-state index contributed by atoms with van der Waals surface area (Å²) in [6.07, 6.45) is 3.18. The van der Waals surface area contributed by atoms with Gasteiger partial charge in [-0.3, -0.25) is 4.57 Å². The molecule has 0 fully saturated rings. The maximum atomic E-state index is 11.6. The van der Waals surface area contributed by atoms with Crippen molar-refractivity contribution in [3.63, 3.8) is 0 Å². The minimum absolute atomic E-state index is 0.110. The van der Waals surface area contributed by atoms with Crippen molar-refractivity contribution in [2.45, 2.75) is 13.8 Å². The SMILES string of the molecule is CCOC(=O)c1ncn(-c2ccc(C)cn2)c1N. The van der Waals surface area contributed by atoms with E-state index >= 15 is 0 Å². The van der Waals surface area contributed by atoms with Gasteiger partial charge in [0.2, 0.25) is 0 Å². The zero-order valence-electron chi connectivity index (χ0n) is 10.3. The van der Waals surface area contributed by atoms with Crippen LogP contribution in [-0.4, -0.2) is 27.1 Å². The molecular formula is C12H14N4O2. The number of hydrogen-bond acceptors (Lipinski definition) is 5. The van der Waals surface area contributed by atoms with Gasteiger partial charge in [0.15, 0.2) is 5.69 Å². The third-order valence-corrected chi connectivity index (χ3v) is 2.42. The molecule has 0 aliphatic carbocycles. The number of carbonyl (C=O) groups is 1. The summed E-state index contributed by atoms with van der Waals surface area (Å²) in [5.41, 5.74) is 7.02. The van der Waals surface area contributed by atoms with E-state index in [1.165, 1.54) is 6.33 Å². The summed E-state index contributed by atoms with van der Waals surface area (Å²) >= 11 is 0. The van der Waals surface area contributed by atoms with Crippen LogP contribution < -0.4 is 5.73 Å². The fraction of sp³-hybridized carbons (Fsp3) is 0.250. The predicted molar refractivity (Wildman–Crippen MR) is 66.5 cm³/mol.